The van der Waals surface area contributed by atoms with Crippen molar-refractivity contribution in [3.8, 4) is 23.1 Å². The van der Waals surface area contributed by atoms with Gasteiger partial charge in [0, 0.05) is 32.2 Å². The van der Waals surface area contributed by atoms with E-state index in [1.807, 2.05) is 33.8 Å². The Morgan fingerprint density at radius 3 is 2.48 bits per heavy atom. The maximum absolute atomic E-state index is 13.7. The number of hydrogen-bond donors (Lipinski definition) is 4. The van der Waals surface area contributed by atoms with Crippen LogP contribution >= 0.6 is 11.3 Å². The van der Waals surface area contributed by atoms with Crippen molar-refractivity contribution < 1.29 is 28.6 Å². The van der Waals surface area contributed by atoms with Crippen LogP contribution in [0, 0.1) is 6.92 Å². The highest BCUT2D eigenvalue weighted by molar-refractivity contribution is 7.13. The van der Waals surface area contributed by atoms with Crippen LogP contribution in [0.2, 0.25) is 0 Å². The van der Waals surface area contributed by atoms with Crippen molar-refractivity contribution in [2.24, 2.45) is 0 Å². The van der Waals surface area contributed by atoms with Crippen LogP contribution in [0.3, 0.4) is 0 Å². The molecule has 3 amide bonds. The molecule has 1 saturated carbocycles. The van der Waals surface area contributed by atoms with E-state index in [1.165, 1.54) is 24.8 Å². The summed E-state index contributed by atoms with van der Waals surface area (Å²) in [5, 5.41) is 14.0. The number of hydrogen-bond acceptors (Lipinski definition) is 13. The predicted molar refractivity (Wildman–Crippen MR) is 196 cm³/mol. The second-order valence-electron chi connectivity index (χ2n) is 14.0. The van der Waals surface area contributed by atoms with Crippen LogP contribution in [0.25, 0.3) is 16.9 Å². The SMILES string of the molecule is CNC(=O)c1ccc(-c2cc(N3CCC[C@@H](NC(=O)c4sc(C)nc4OC4CCC(NC(=O)OC(C)(C)C)CC4)C3)c3c(N)ncnn23)nc1OC. The van der Waals surface area contributed by atoms with Gasteiger partial charge in [-0.05, 0) is 84.4 Å². The molecule has 1 aliphatic heterocycles. The molecule has 5 heterocycles. The summed E-state index contributed by atoms with van der Waals surface area (Å²) in [6, 6.07) is 5.18. The first kappa shape index (κ1) is 36.6. The van der Waals surface area contributed by atoms with Crippen LogP contribution in [-0.4, -0.2) is 93.5 Å². The number of carbonyl (C=O) groups excluding carboxylic acids is 3. The molecule has 1 aliphatic carbocycles. The van der Waals surface area contributed by atoms with Gasteiger partial charge in [-0.1, -0.05) is 0 Å². The first-order chi connectivity index (χ1) is 24.8. The summed E-state index contributed by atoms with van der Waals surface area (Å²) in [5.41, 5.74) is 8.77. The Bertz CT molecular complexity index is 1950. The van der Waals surface area contributed by atoms with Gasteiger partial charge in [-0.15, -0.1) is 11.3 Å². The Morgan fingerprint density at radius 2 is 1.77 bits per heavy atom. The van der Waals surface area contributed by atoms with Crippen molar-refractivity contribution in [3.05, 3.63) is 40.0 Å². The molecule has 0 spiro atoms. The summed E-state index contributed by atoms with van der Waals surface area (Å²) < 4.78 is 18.8. The number of nitrogens with zero attached hydrogens (tertiary/aromatic N) is 6. The lowest BCUT2D eigenvalue weighted by atomic mass is 9.93. The molecule has 1 saturated heterocycles. The molecule has 5 N–H and O–H groups in total. The van der Waals surface area contributed by atoms with Gasteiger partial charge in [0.05, 0.1) is 29.2 Å². The number of nitrogens with two attached hydrogens (primary N) is 1. The molecule has 0 radical (unpaired) electrons. The number of rotatable bonds is 9. The van der Waals surface area contributed by atoms with Gasteiger partial charge >= 0.3 is 6.09 Å². The van der Waals surface area contributed by atoms with Crippen LogP contribution in [0.4, 0.5) is 16.3 Å². The average molecular weight is 735 g/mol. The number of methoxy groups -OCH3 is 1. The monoisotopic (exact) mass is 734 g/mol. The summed E-state index contributed by atoms with van der Waals surface area (Å²) in [6.07, 6.45) is 5.38. The van der Waals surface area contributed by atoms with Crippen molar-refractivity contribution in [1.82, 2.24) is 40.5 Å². The third-order valence-electron chi connectivity index (χ3n) is 9.03. The maximum Gasteiger partial charge on any atom is 0.407 e. The van der Waals surface area contributed by atoms with E-state index in [1.54, 1.807) is 23.7 Å². The van der Waals surface area contributed by atoms with E-state index < -0.39 is 11.7 Å². The smallest absolute Gasteiger partial charge is 0.407 e. The molecule has 0 bridgehead atoms. The number of aromatic nitrogens is 5. The number of carbonyl (C=O) groups is 3. The van der Waals surface area contributed by atoms with E-state index in [-0.39, 0.29) is 35.9 Å². The van der Waals surface area contributed by atoms with E-state index >= 15 is 0 Å². The molecule has 16 nitrogen and oxygen atoms in total. The van der Waals surface area contributed by atoms with Crippen molar-refractivity contribution in [2.45, 2.75) is 90.0 Å². The van der Waals surface area contributed by atoms with Gasteiger partial charge < -0.3 is 40.8 Å². The summed E-state index contributed by atoms with van der Waals surface area (Å²) in [5.74, 6) is 0.280. The van der Waals surface area contributed by atoms with Crippen LogP contribution in [0.1, 0.15) is 84.3 Å². The van der Waals surface area contributed by atoms with Gasteiger partial charge in [0.1, 0.15) is 29.1 Å². The van der Waals surface area contributed by atoms with Crippen LogP contribution in [0.5, 0.6) is 11.8 Å². The lowest BCUT2D eigenvalue weighted by Crippen LogP contribution is -2.47. The predicted octanol–water partition coefficient (Wildman–Crippen LogP) is 4.12. The van der Waals surface area contributed by atoms with Gasteiger partial charge in [-0.2, -0.15) is 5.10 Å². The Balaban J connectivity index is 1.14. The lowest BCUT2D eigenvalue weighted by molar-refractivity contribution is 0.0468. The van der Waals surface area contributed by atoms with Gasteiger partial charge in [0.15, 0.2) is 10.7 Å². The molecule has 1 atom stereocenters. The standard InChI is InChI=1S/C35H46N10O6S/c1-19-40-33(50-22-11-9-20(10-12-22)42-34(48)51-35(2,3)4)28(52-19)31(47)41-21-8-7-15-44(17-21)26-16-25(45-27(26)29(36)38-18-39-45)24-14-13-23(30(46)37-5)32(43-24)49-6/h13-14,16,18,20-22H,7-12,15,17H2,1-6H3,(H,37,46)(H,41,47)(H,42,48)(H2,36,38,39)/t20?,21-,22?/m1/s1. The number of nitrogens with one attached hydrogen (secondary N) is 3. The fourth-order valence-electron chi connectivity index (χ4n) is 6.67. The summed E-state index contributed by atoms with van der Waals surface area (Å²) in [6.45, 7) is 8.62. The van der Waals surface area contributed by atoms with Crippen LogP contribution in [-0.2, 0) is 4.74 Å². The zero-order valence-electron chi connectivity index (χ0n) is 30.3. The molecule has 0 unspecified atom stereocenters. The fourth-order valence-corrected chi connectivity index (χ4v) is 7.43. The Labute approximate surface area is 305 Å². The number of anilines is 2. The maximum atomic E-state index is 13.7. The van der Waals surface area contributed by atoms with E-state index in [0.717, 1.165) is 55.8 Å². The minimum atomic E-state index is -0.556. The molecule has 278 valence electrons. The molecule has 2 aliphatic rings. The molecule has 17 heteroatoms. The number of piperidine rings is 1. The highest BCUT2D eigenvalue weighted by Gasteiger charge is 2.31. The molecule has 0 aromatic carbocycles. The van der Waals surface area contributed by atoms with Gasteiger partial charge in [0.2, 0.25) is 11.8 Å². The van der Waals surface area contributed by atoms with E-state index in [9.17, 15) is 14.4 Å². The summed E-state index contributed by atoms with van der Waals surface area (Å²) in [4.78, 5) is 54.4. The van der Waals surface area contributed by atoms with Crippen molar-refractivity contribution in [1.29, 1.82) is 0 Å². The number of amides is 3. The molecular weight excluding hydrogens is 689 g/mol. The molecule has 6 rings (SSSR count). The van der Waals surface area contributed by atoms with E-state index in [4.69, 9.17) is 19.9 Å². The van der Waals surface area contributed by atoms with E-state index in [2.05, 4.69) is 40.9 Å². The number of thiazole rings is 1. The Kier molecular flexibility index (Phi) is 10.7. The second kappa shape index (κ2) is 15.2. The third-order valence-corrected chi connectivity index (χ3v) is 9.98. The summed E-state index contributed by atoms with van der Waals surface area (Å²) >= 11 is 1.31. The van der Waals surface area contributed by atoms with Gasteiger partial charge in [-0.3, -0.25) is 9.59 Å². The fraction of sp³-hybridized carbons (Fsp3) is 0.514. The highest BCUT2D eigenvalue weighted by atomic mass is 32.1. The number of nitrogen functional groups attached to an aromatic ring is 1. The minimum Gasteiger partial charge on any atom is -0.480 e. The number of fused-ring (bicyclic) bond motifs is 1. The number of pyridine rings is 1. The largest absolute Gasteiger partial charge is 0.480 e. The number of alkyl carbamates (subject to hydrolysis) is 1. The van der Waals surface area contributed by atoms with Gasteiger partial charge in [-0.25, -0.2) is 24.3 Å². The number of ether oxygens (including phenoxy) is 3. The van der Waals surface area contributed by atoms with Crippen LogP contribution < -0.4 is 36.1 Å². The number of aryl methyl sites for hydroxylation is 1. The minimum absolute atomic E-state index is 0.00786. The Morgan fingerprint density at radius 1 is 1.00 bits per heavy atom. The van der Waals surface area contributed by atoms with Crippen molar-refractivity contribution in [3.63, 3.8) is 0 Å². The Hall–Kier alpha value is -5.19. The zero-order valence-corrected chi connectivity index (χ0v) is 31.1. The van der Waals surface area contributed by atoms with E-state index in [0.29, 0.717) is 45.6 Å². The van der Waals surface area contributed by atoms with Crippen LogP contribution in [0.15, 0.2) is 24.5 Å². The second-order valence-corrected chi connectivity index (χ2v) is 15.2. The molecule has 2 fully saturated rings. The third kappa shape index (κ3) is 8.14. The lowest BCUT2D eigenvalue weighted by Gasteiger charge is -2.34. The molecule has 4 aromatic rings. The first-order valence-electron chi connectivity index (χ1n) is 17.4. The van der Waals surface area contributed by atoms with Gasteiger partial charge in [0.25, 0.3) is 11.8 Å². The zero-order chi connectivity index (χ0) is 37.2. The first-order valence-corrected chi connectivity index (χ1v) is 18.2. The molecule has 52 heavy (non-hydrogen) atoms. The van der Waals surface area contributed by atoms with Crippen molar-refractivity contribution in [2.75, 3.05) is 37.9 Å². The highest BCUT2D eigenvalue weighted by Crippen LogP contribution is 2.36. The average Bonchev–Trinajstić information content (AvgIpc) is 3.69. The molecular formula is C35H46N10O6S. The normalized spacial score (nSPS) is 19.2. The topological polar surface area (TPSA) is 200 Å². The van der Waals surface area contributed by atoms with Crippen molar-refractivity contribution >= 4 is 46.3 Å². The molecule has 4 aromatic heterocycles. The summed E-state index contributed by atoms with van der Waals surface area (Å²) in [7, 11) is 3.01. The quantitative estimate of drug-likeness (QED) is 0.192.